The second-order valence-corrected chi connectivity index (χ2v) is 8.85. The van der Waals surface area contributed by atoms with Crippen molar-refractivity contribution in [2.45, 2.75) is 32.4 Å². The first-order chi connectivity index (χ1) is 16.1. The van der Waals surface area contributed by atoms with E-state index >= 15 is 0 Å². The number of benzene rings is 1. The van der Waals surface area contributed by atoms with Gasteiger partial charge in [-0.1, -0.05) is 6.07 Å². The van der Waals surface area contributed by atoms with E-state index in [0.717, 1.165) is 70.6 Å². The molecule has 1 atom stereocenters. The fourth-order valence-electron chi connectivity index (χ4n) is 5.12. The molecule has 0 radical (unpaired) electrons. The van der Waals surface area contributed by atoms with E-state index in [9.17, 15) is 4.39 Å². The average molecular weight is 441 g/mol. The van der Waals surface area contributed by atoms with Crippen LogP contribution in [0.15, 0.2) is 60.9 Å². The molecule has 0 saturated carbocycles. The standard InChI is InChI=1S/C26H25FN6/c1-17-20-9-10-22(29-26(20)33(30-17)25-7-3-4-12-28-25)24-6-5-13-32(24)16-18-15-31(2)23-11-8-19(27)14-21(18)23/h3-4,7-12,14-15,24H,5-6,13,16H2,1-2H3/t24-/m0/s1. The second kappa shape index (κ2) is 7.78. The summed E-state index contributed by atoms with van der Waals surface area (Å²) in [6.45, 7) is 3.77. The van der Waals surface area contributed by atoms with Crippen LogP contribution in [0.5, 0.6) is 0 Å². The molecule has 0 N–H and O–H groups in total. The van der Waals surface area contributed by atoms with Gasteiger partial charge in [-0.15, -0.1) is 0 Å². The normalized spacial score (nSPS) is 16.9. The van der Waals surface area contributed by atoms with Crippen molar-refractivity contribution in [3.8, 4) is 5.82 Å². The summed E-state index contributed by atoms with van der Waals surface area (Å²) in [4.78, 5) is 12.0. The molecule has 0 bridgehead atoms. The van der Waals surface area contributed by atoms with E-state index in [1.165, 1.54) is 6.07 Å². The van der Waals surface area contributed by atoms with Crippen LogP contribution >= 0.6 is 0 Å². The van der Waals surface area contributed by atoms with Gasteiger partial charge in [-0.2, -0.15) is 9.78 Å². The minimum absolute atomic E-state index is 0.196. The van der Waals surface area contributed by atoms with Gasteiger partial charge in [-0.05, 0) is 74.3 Å². The molecule has 7 heteroatoms. The number of rotatable bonds is 4. The van der Waals surface area contributed by atoms with Crippen LogP contribution in [0.2, 0.25) is 0 Å². The lowest BCUT2D eigenvalue weighted by Gasteiger charge is -2.24. The van der Waals surface area contributed by atoms with E-state index in [1.807, 2.05) is 42.9 Å². The largest absolute Gasteiger partial charge is 0.350 e. The lowest BCUT2D eigenvalue weighted by molar-refractivity contribution is 0.245. The molecular formula is C26H25FN6. The highest BCUT2D eigenvalue weighted by molar-refractivity contribution is 5.84. The Kier molecular flexibility index (Phi) is 4.73. The predicted molar refractivity (Wildman–Crippen MR) is 127 cm³/mol. The van der Waals surface area contributed by atoms with Gasteiger partial charge in [-0.3, -0.25) is 4.90 Å². The molecule has 5 aromatic rings. The van der Waals surface area contributed by atoms with E-state index in [-0.39, 0.29) is 11.9 Å². The summed E-state index contributed by atoms with van der Waals surface area (Å²) in [7, 11) is 2.02. The van der Waals surface area contributed by atoms with E-state index in [0.29, 0.717) is 0 Å². The Morgan fingerprint density at radius 3 is 2.85 bits per heavy atom. The molecular weight excluding hydrogens is 415 g/mol. The first-order valence-electron chi connectivity index (χ1n) is 11.3. The maximum atomic E-state index is 14.0. The SMILES string of the molecule is Cc1nn(-c2ccccn2)c2nc([C@@H]3CCCN3Cc3cn(C)c4ccc(F)cc34)ccc12. The van der Waals surface area contributed by atoms with Crippen LogP contribution < -0.4 is 0 Å². The summed E-state index contributed by atoms with van der Waals surface area (Å²) < 4.78 is 17.9. The number of fused-ring (bicyclic) bond motifs is 2. The Morgan fingerprint density at radius 2 is 2.00 bits per heavy atom. The lowest BCUT2D eigenvalue weighted by atomic mass is 10.1. The first-order valence-corrected chi connectivity index (χ1v) is 11.3. The molecule has 1 aliphatic rings. The Morgan fingerprint density at radius 1 is 1.09 bits per heavy atom. The smallest absolute Gasteiger partial charge is 0.165 e. The van der Waals surface area contributed by atoms with Crippen LogP contribution in [0.4, 0.5) is 4.39 Å². The topological polar surface area (TPSA) is 51.8 Å². The van der Waals surface area contributed by atoms with Gasteiger partial charge in [-0.25, -0.2) is 14.4 Å². The van der Waals surface area contributed by atoms with E-state index in [4.69, 9.17) is 10.1 Å². The highest BCUT2D eigenvalue weighted by Crippen LogP contribution is 2.35. The van der Waals surface area contributed by atoms with Gasteiger partial charge in [0.15, 0.2) is 11.5 Å². The van der Waals surface area contributed by atoms with Gasteiger partial charge < -0.3 is 4.57 Å². The molecule has 0 spiro atoms. The molecule has 1 aromatic carbocycles. The number of likely N-dealkylation sites (tertiary alicyclic amines) is 1. The zero-order chi connectivity index (χ0) is 22.5. The third kappa shape index (κ3) is 3.40. The molecule has 5 heterocycles. The molecule has 0 aliphatic carbocycles. The summed E-state index contributed by atoms with van der Waals surface area (Å²) in [6, 6.07) is 15.3. The van der Waals surface area contributed by atoms with Crippen LogP contribution in [0.3, 0.4) is 0 Å². The Balaban J connectivity index is 1.37. The average Bonchev–Trinajstić information content (AvgIpc) is 3.51. The summed E-state index contributed by atoms with van der Waals surface area (Å²) >= 11 is 0. The van der Waals surface area contributed by atoms with Crippen molar-refractivity contribution >= 4 is 21.9 Å². The molecule has 1 fully saturated rings. The van der Waals surface area contributed by atoms with Crippen molar-refractivity contribution in [2.75, 3.05) is 6.54 Å². The minimum atomic E-state index is -0.196. The zero-order valence-electron chi connectivity index (χ0n) is 18.7. The van der Waals surface area contributed by atoms with Crippen LogP contribution in [0.25, 0.3) is 27.8 Å². The third-order valence-electron chi connectivity index (χ3n) is 6.72. The van der Waals surface area contributed by atoms with E-state index in [2.05, 4.69) is 32.8 Å². The number of aryl methyl sites for hydroxylation is 2. The molecule has 6 nitrogen and oxygen atoms in total. The fraction of sp³-hybridized carbons (Fsp3) is 0.269. The number of hydrogen-bond acceptors (Lipinski definition) is 4. The summed E-state index contributed by atoms with van der Waals surface area (Å²) in [5.41, 5.74) is 5.02. The van der Waals surface area contributed by atoms with Crippen molar-refractivity contribution in [1.29, 1.82) is 0 Å². The molecule has 33 heavy (non-hydrogen) atoms. The van der Waals surface area contributed by atoms with Crippen LogP contribution in [-0.2, 0) is 13.6 Å². The predicted octanol–water partition coefficient (Wildman–Crippen LogP) is 5.09. The Hall–Kier alpha value is -3.58. The van der Waals surface area contributed by atoms with Crippen molar-refractivity contribution in [3.05, 3.63) is 83.7 Å². The molecule has 0 amide bonds. The monoisotopic (exact) mass is 440 g/mol. The summed E-state index contributed by atoms with van der Waals surface area (Å²) in [6.07, 6.45) is 6.06. The van der Waals surface area contributed by atoms with Gasteiger partial charge in [0.25, 0.3) is 0 Å². The number of pyridine rings is 2. The Labute approximate surface area is 191 Å². The molecule has 166 valence electrons. The summed E-state index contributed by atoms with van der Waals surface area (Å²) in [5.74, 6) is 0.569. The minimum Gasteiger partial charge on any atom is -0.350 e. The number of nitrogens with zero attached hydrogens (tertiary/aromatic N) is 6. The summed E-state index contributed by atoms with van der Waals surface area (Å²) in [5, 5.41) is 6.72. The van der Waals surface area contributed by atoms with Crippen LogP contribution in [0.1, 0.15) is 35.8 Å². The quantitative estimate of drug-likeness (QED) is 0.391. The van der Waals surface area contributed by atoms with Gasteiger partial charge in [0.1, 0.15) is 5.82 Å². The van der Waals surface area contributed by atoms with E-state index < -0.39 is 0 Å². The maximum Gasteiger partial charge on any atom is 0.165 e. The number of aromatic nitrogens is 5. The maximum absolute atomic E-state index is 14.0. The zero-order valence-corrected chi connectivity index (χ0v) is 18.7. The van der Waals surface area contributed by atoms with Gasteiger partial charge in [0.05, 0.1) is 17.4 Å². The lowest BCUT2D eigenvalue weighted by Crippen LogP contribution is -2.23. The van der Waals surface area contributed by atoms with Crippen LogP contribution in [-0.4, -0.2) is 35.8 Å². The van der Waals surface area contributed by atoms with Crippen LogP contribution in [0, 0.1) is 12.7 Å². The molecule has 4 aromatic heterocycles. The Bertz CT molecular complexity index is 1470. The molecule has 0 unspecified atom stereocenters. The van der Waals surface area contributed by atoms with Crippen molar-refractivity contribution < 1.29 is 4.39 Å². The third-order valence-corrected chi connectivity index (χ3v) is 6.72. The van der Waals surface area contributed by atoms with Gasteiger partial charge >= 0.3 is 0 Å². The van der Waals surface area contributed by atoms with Crippen molar-refractivity contribution in [1.82, 2.24) is 29.2 Å². The van der Waals surface area contributed by atoms with Gasteiger partial charge in [0.2, 0.25) is 0 Å². The van der Waals surface area contributed by atoms with E-state index in [1.54, 1.807) is 12.3 Å². The highest BCUT2D eigenvalue weighted by atomic mass is 19.1. The van der Waals surface area contributed by atoms with Crippen molar-refractivity contribution in [3.63, 3.8) is 0 Å². The second-order valence-electron chi connectivity index (χ2n) is 8.85. The van der Waals surface area contributed by atoms with Crippen molar-refractivity contribution in [2.24, 2.45) is 7.05 Å². The number of hydrogen-bond donors (Lipinski definition) is 0. The molecule has 6 rings (SSSR count). The first kappa shape index (κ1) is 20.1. The van der Waals surface area contributed by atoms with Gasteiger partial charge in [0, 0.05) is 42.3 Å². The molecule has 1 saturated heterocycles. The molecule has 1 aliphatic heterocycles. The number of halogens is 1. The fourth-order valence-corrected chi connectivity index (χ4v) is 5.12. The highest BCUT2D eigenvalue weighted by Gasteiger charge is 2.28.